The van der Waals surface area contributed by atoms with Gasteiger partial charge in [-0.2, -0.15) is 12.6 Å². The average molecular weight is 243 g/mol. The largest absolute Gasteiger partial charge is 0.480 e. The van der Waals surface area contributed by atoms with Crippen LogP contribution in [0, 0.1) is 17.8 Å². The van der Waals surface area contributed by atoms with Gasteiger partial charge in [0.05, 0.1) is 6.10 Å². The van der Waals surface area contributed by atoms with Crippen LogP contribution in [0.4, 0.5) is 0 Å². The second-order valence-corrected chi connectivity index (χ2v) is 5.21. The highest BCUT2D eigenvalue weighted by molar-refractivity contribution is 7.80. The molecular weight excluding hydrogens is 226 g/mol. The van der Waals surface area contributed by atoms with Crippen molar-refractivity contribution in [2.24, 2.45) is 23.5 Å². The molecule has 0 amide bonds. The minimum Gasteiger partial charge on any atom is -0.480 e. The molecule has 3 unspecified atom stereocenters. The molecule has 90 valence electrons. The lowest BCUT2D eigenvalue weighted by molar-refractivity contribution is -0.148. The van der Waals surface area contributed by atoms with Gasteiger partial charge in [0.25, 0.3) is 0 Å². The fourth-order valence-corrected chi connectivity index (χ4v) is 3.18. The Labute approximate surface area is 99.9 Å². The van der Waals surface area contributed by atoms with Crippen LogP contribution in [0.1, 0.15) is 12.8 Å². The van der Waals surface area contributed by atoms with Gasteiger partial charge in [0, 0.05) is 5.75 Å². The van der Waals surface area contributed by atoms with Crippen LogP contribution >= 0.6 is 12.6 Å². The Balaban J connectivity index is 2.15. The fourth-order valence-electron chi connectivity index (χ4n) is 2.86. The van der Waals surface area contributed by atoms with E-state index in [1.807, 2.05) is 0 Å². The van der Waals surface area contributed by atoms with Crippen LogP contribution < -0.4 is 5.73 Å². The Morgan fingerprint density at radius 1 is 1.56 bits per heavy atom. The zero-order valence-electron chi connectivity index (χ0n) is 8.91. The van der Waals surface area contributed by atoms with Crippen LogP contribution in [0.3, 0.4) is 0 Å². The first-order valence-electron chi connectivity index (χ1n) is 5.48. The van der Waals surface area contributed by atoms with Crippen LogP contribution in [0.5, 0.6) is 0 Å². The number of carboxylic acids is 1. The first-order valence-corrected chi connectivity index (χ1v) is 6.12. The van der Waals surface area contributed by atoms with Crippen molar-refractivity contribution < 1.29 is 15.0 Å². The Hall–Kier alpha value is -0.520. The topological polar surface area (TPSA) is 83.6 Å². The number of aliphatic hydroxyl groups excluding tert-OH is 1. The minimum atomic E-state index is -1.63. The van der Waals surface area contributed by atoms with E-state index in [1.54, 1.807) is 0 Å². The third-order valence-corrected chi connectivity index (χ3v) is 4.45. The molecule has 0 saturated heterocycles. The summed E-state index contributed by atoms with van der Waals surface area (Å²) >= 11 is 3.96. The van der Waals surface area contributed by atoms with Crippen molar-refractivity contribution in [3.05, 3.63) is 12.2 Å². The highest BCUT2D eigenvalue weighted by atomic mass is 32.1. The molecule has 4 nitrogen and oxygen atoms in total. The summed E-state index contributed by atoms with van der Waals surface area (Å²) in [4.78, 5) is 11.1. The molecule has 2 rings (SSSR count). The smallest absolute Gasteiger partial charge is 0.327 e. The number of aliphatic carboxylic acids is 1. The molecule has 16 heavy (non-hydrogen) atoms. The normalized spacial score (nSPS) is 37.3. The van der Waals surface area contributed by atoms with Crippen molar-refractivity contribution in [1.29, 1.82) is 0 Å². The molecular formula is C11H17NO3S. The molecule has 4 N–H and O–H groups in total. The second kappa shape index (κ2) is 4.05. The van der Waals surface area contributed by atoms with Gasteiger partial charge < -0.3 is 15.9 Å². The number of carbonyl (C=O) groups is 1. The number of nitrogens with two attached hydrogens (primary N) is 1. The summed E-state index contributed by atoms with van der Waals surface area (Å²) < 4.78 is 0. The van der Waals surface area contributed by atoms with Crippen LogP contribution in [-0.4, -0.2) is 33.6 Å². The molecule has 5 heteroatoms. The first-order chi connectivity index (χ1) is 7.49. The molecule has 2 aliphatic carbocycles. The van der Waals surface area contributed by atoms with Crippen LogP contribution in [-0.2, 0) is 4.79 Å². The quantitative estimate of drug-likeness (QED) is 0.422. The third-order valence-electron chi connectivity index (χ3n) is 3.92. The number of thiol groups is 1. The van der Waals surface area contributed by atoms with Crippen LogP contribution in [0.2, 0.25) is 0 Å². The van der Waals surface area contributed by atoms with Gasteiger partial charge in [-0.05, 0) is 30.6 Å². The highest BCUT2D eigenvalue weighted by Gasteiger charge is 2.50. The number of rotatable bonds is 4. The summed E-state index contributed by atoms with van der Waals surface area (Å²) in [7, 11) is 0. The van der Waals surface area contributed by atoms with Gasteiger partial charge in [-0.15, -0.1) is 0 Å². The standard InChI is InChI=1S/C11H17NO3S/c12-11(5-16,10(14)15)9(13)8-4-6-1-2-7(8)3-6/h1-2,6-9,13,16H,3-5,12H2,(H,14,15)/t6?,7?,8?,9-,11+/m0/s1. The molecule has 1 saturated carbocycles. The third kappa shape index (κ3) is 1.67. The Morgan fingerprint density at radius 2 is 2.25 bits per heavy atom. The summed E-state index contributed by atoms with van der Waals surface area (Å²) in [5.74, 6) is -0.504. The Morgan fingerprint density at radius 3 is 2.62 bits per heavy atom. The first kappa shape index (κ1) is 12.0. The fraction of sp³-hybridized carbons (Fsp3) is 0.727. The van der Waals surface area contributed by atoms with Crippen molar-refractivity contribution in [1.82, 2.24) is 0 Å². The number of hydrogen-bond acceptors (Lipinski definition) is 4. The lowest BCUT2D eigenvalue weighted by atomic mass is 9.79. The maximum absolute atomic E-state index is 11.1. The van der Waals surface area contributed by atoms with E-state index < -0.39 is 17.6 Å². The van der Waals surface area contributed by atoms with Gasteiger partial charge in [0.2, 0.25) is 0 Å². The van der Waals surface area contributed by atoms with E-state index in [2.05, 4.69) is 24.8 Å². The van der Waals surface area contributed by atoms with Crippen molar-refractivity contribution in [3.8, 4) is 0 Å². The molecule has 0 aromatic rings. The van der Waals surface area contributed by atoms with Crippen LogP contribution in [0.15, 0.2) is 12.2 Å². The Kier molecular flexibility index (Phi) is 3.03. The molecule has 2 aliphatic rings. The number of fused-ring (bicyclic) bond motifs is 2. The zero-order valence-corrected chi connectivity index (χ0v) is 9.81. The summed E-state index contributed by atoms with van der Waals surface area (Å²) in [6, 6.07) is 0. The SMILES string of the molecule is N[C@@](CS)(C(=O)O)[C@@H](O)C1CC2C=CC1C2. The Bertz CT molecular complexity index is 333. The number of hydrogen-bond donors (Lipinski definition) is 4. The van der Waals surface area contributed by atoms with Gasteiger partial charge in [0.1, 0.15) is 5.54 Å². The number of carboxylic acid groups (broad SMARTS) is 1. The van der Waals surface area contributed by atoms with E-state index in [9.17, 15) is 9.90 Å². The molecule has 0 spiro atoms. The molecule has 0 aliphatic heterocycles. The van der Waals surface area contributed by atoms with Crippen molar-refractivity contribution in [2.75, 3.05) is 5.75 Å². The summed E-state index contributed by atoms with van der Waals surface area (Å²) in [5.41, 5.74) is 4.11. The molecule has 0 aromatic heterocycles. The van der Waals surface area contributed by atoms with Crippen molar-refractivity contribution in [2.45, 2.75) is 24.5 Å². The van der Waals surface area contributed by atoms with Gasteiger partial charge in [-0.1, -0.05) is 12.2 Å². The maximum Gasteiger partial charge on any atom is 0.327 e. The molecule has 5 atom stereocenters. The monoisotopic (exact) mass is 243 g/mol. The maximum atomic E-state index is 11.1. The second-order valence-electron chi connectivity index (χ2n) is 4.89. The highest BCUT2D eigenvalue weighted by Crippen LogP contribution is 2.46. The molecule has 0 radical (unpaired) electrons. The predicted octanol–water partition coefficient (Wildman–Crippen LogP) is 0.271. The molecule has 0 aromatic carbocycles. The van der Waals surface area contributed by atoms with Crippen LogP contribution in [0.25, 0.3) is 0 Å². The van der Waals surface area contributed by atoms with E-state index in [-0.39, 0.29) is 17.6 Å². The van der Waals surface area contributed by atoms with Crippen molar-refractivity contribution >= 4 is 18.6 Å². The summed E-state index contributed by atoms with van der Waals surface area (Å²) in [5, 5.41) is 19.3. The predicted molar refractivity (Wildman–Crippen MR) is 63.3 cm³/mol. The van der Waals surface area contributed by atoms with Gasteiger partial charge >= 0.3 is 5.97 Å². The zero-order chi connectivity index (χ0) is 11.9. The van der Waals surface area contributed by atoms with Gasteiger partial charge in [-0.25, -0.2) is 0 Å². The number of aliphatic hydroxyl groups is 1. The van der Waals surface area contributed by atoms with E-state index in [1.165, 1.54) is 0 Å². The molecule has 2 bridgehead atoms. The van der Waals surface area contributed by atoms with Crippen molar-refractivity contribution in [3.63, 3.8) is 0 Å². The minimum absolute atomic E-state index is 0.0387. The van der Waals surface area contributed by atoms with E-state index in [0.29, 0.717) is 5.92 Å². The van der Waals surface area contributed by atoms with Gasteiger partial charge in [-0.3, -0.25) is 4.79 Å². The van der Waals surface area contributed by atoms with E-state index >= 15 is 0 Å². The summed E-state index contributed by atoms with van der Waals surface area (Å²) in [6.07, 6.45) is 5.05. The lowest BCUT2D eigenvalue weighted by Gasteiger charge is -2.35. The van der Waals surface area contributed by atoms with E-state index in [0.717, 1.165) is 12.8 Å². The average Bonchev–Trinajstić information content (AvgIpc) is 2.88. The van der Waals surface area contributed by atoms with Gasteiger partial charge in [0.15, 0.2) is 0 Å². The molecule has 1 fully saturated rings. The number of allylic oxidation sites excluding steroid dienone is 2. The lowest BCUT2D eigenvalue weighted by Crippen LogP contribution is -2.61. The van der Waals surface area contributed by atoms with E-state index in [4.69, 9.17) is 10.8 Å². The molecule has 0 heterocycles. The summed E-state index contributed by atoms with van der Waals surface area (Å²) in [6.45, 7) is 0.